The van der Waals surface area contributed by atoms with Crippen molar-refractivity contribution in [1.29, 1.82) is 0 Å². The van der Waals surface area contributed by atoms with Gasteiger partial charge in [-0.25, -0.2) is 9.98 Å². The van der Waals surface area contributed by atoms with Crippen molar-refractivity contribution in [3.05, 3.63) is 48.2 Å². The molecule has 6 heteroatoms. The van der Waals surface area contributed by atoms with Gasteiger partial charge in [-0.1, -0.05) is 18.2 Å². The number of hydrogen-bond acceptors (Lipinski definition) is 6. The first kappa shape index (κ1) is 17.1. The van der Waals surface area contributed by atoms with Crippen LogP contribution in [0.15, 0.2) is 47.6 Å². The topological polar surface area (TPSA) is 70.6 Å². The Labute approximate surface area is 164 Å². The number of fused-ring (bicyclic) bond motifs is 2. The lowest BCUT2D eigenvalue weighted by Gasteiger charge is -2.21. The molecule has 0 radical (unpaired) electrons. The summed E-state index contributed by atoms with van der Waals surface area (Å²) in [7, 11) is 4.28. The Balaban J connectivity index is 1.48. The zero-order valence-corrected chi connectivity index (χ0v) is 16.3. The molecule has 142 valence electrons. The highest BCUT2D eigenvalue weighted by Crippen LogP contribution is 2.32. The van der Waals surface area contributed by atoms with E-state index in [4.69, 9.17) is 10.7 Å². The van der Waals surface area contributed by atoms with Crippen molar-refractivity contribution in [3.63, 3.8) is 0 Å². The minimum atomic E-state index is 0.572. The van der Waals surface area contributed by atoms with Gasteiger partial charge in [0.05, 0.1) is 22.9 Å². The molecule has 0 amide bonds. The van der Waals surface area contributed by atoms with Gasteiger partial charge >= 0.3 is 0 Å². The van der Waals surface area contributed by atoms with Crippen LogP contribution in [0.25, 0.3) is 22.2 Å². The van der Waals surface area contributed by atoms with Crippen LogP contribution in [0.4, 0.5) is 11.5 Å². The van der Waals surface area contributed by atoms with Gasteiger partial charge in [0, 0.05) is 25.6 Å². The summed E-state index contributed by atoms with van der Waals surface area (Å²) in [6, 6.07) is 13.2. The number of nitrogens with two attached hydrogens (primary N) is 1. The van der Waals surface area contributed by atoms with Gasteiger partial charge < -0.3 is 15.5 Å². The van der Waals surface area contributed by atoms with Crippen molar-refractivity contribution < 1.29 is 0 Å². The number of likely N-dealkylation sites (N-methyl/N-ethyl adjacent to an activating group) is 1. The van der Waals surface area contributed by atoms with E-state index in [1.54, 1.807) is 0 Å². The first-order valence-corrected chi connectivity index (χ1v) is 9.71. The van der Waals surface area contributed by atoms with E-state index in [1.807, 2.05) is 12.3 Å². The summed E-state index contributed by atoms with van der Waals surface area (Å²) >= 11 is 0. The highest BCUT2D eigenvalue weighted by atomic mass is 15.3. The molecule has 28 heavy (non-hydrogen) atoms. The maximum atomic E-state index is 5.88. The molecule has 1 fully saturated rings. The van der Waals surface area contributed by atoms with E-state index in [-0.39, 0.29) is 0 Å². The zero-order valence-electron chi connectivity index (χ0n) is 16.3. The van der Waals surface area contributed by atoms with Crippen LogP contribution in [0.2, 0.25) is 0 Å². The average molecular weight is 372 g/mol. The molecule has 6 nitrogen and oxygen atoms in total. The molecule has 2 aliphatic rings. The van der Waals surface area contributed by atoms with Crippen molar-refractivity contribution in [1.82, 2.24) is 14.9 Å². The number of hydrogen-bond donors (Lipinski definition) is 1. The average Bonchev–Trinajstić information content (AvgIpc) is 3.32. The second-order valence-electron chi connectivity index (χ2n) is 7.91. The summed E-state index contributed by atoms with van der Waals surface area (Å²) in [5, 5.41) is 0. The molecule has 0 spiro atoms. The van der Waals surface area contributed by atoms with Crippen LogP contribution in [0.3, 0.4) is 0 Å². The largest absolute Gasteiger partial charge is 0.387 e. The highest BCUT2D eigenvalue weighted by molar-refractivity contribution is 5.92. The highest BCUT2D eigenvalue weighted by Gasteiger charge is 2.25. The molecule has 2 N–H and O–H groups in total. The maximum Gasteiger partial charge on any atom is 0.147 e. The number of anilines is 1. The molecule has 1 saturated heterocycles. The number of nitrogens with zero attached hydrogens (tertiary/aromatic N) is 5. The third kappa shape index (κ3) is 2.99. The van der Waals surface area contributed by atoms with Gasteiger partial charge in [-0.2, -0.15) is 0 Å². The van der Waals surface area contributed by atoms with Crippen molar-refractivity contribution >= 4 is 28.4 Å². The molecule has 2 aliphatic heterocycles. The summed E-state index contributed by atoms with van der Waals surface area (Å²) in [6.07, 6.45) is 3.80. The number of aliphatic imine (C=N–C) groups is 1. The van der Waals surface area contributed by atoms with Crippen LogP contribution in [0, 0.1) is 0 Å². The van der Waals surface area contributed by atoms with E-state index in [0.29, 0.717) is 11.9 Å². The van der Waals surface area contributed by atoms with Crippen LogP contribution in [0.5, 0.6) is 0 Å². The molecule has 0 bridgehead atoms. The van der Waals surface area contributed by atoms with Crippen molar-refractivity contribution in [2.24, 2.45) is 10.7 Å². The summed E-state index contributed by atoms with van der Waals surface area (Å²) in [4.78, 5) is 18.6. The fourth-order valence-corrected chi connectivity index (χ4v) is 4.09. The summed E-state index contributed by atoms with van der Waals surface area (Å²) < 4.78 is 0. The maximum absolute atomic E-state index is 5.88. The summed E-state index contributed by atoms with van der Waals surface area (Å²) in [5.41, 5.74) is 12.1. The molecule has 1 atom stereocenters. The fraction of sp³-hybridized carbons (Fsp3) is 0.318. The SMILES string of the molecule is CN(C)C1CCN(c2cnc3ccc(-c4ccc5c(c4)N=C(N)C5)cc3n2)C1. The molecule has 3 heterocycles. The van der Waals surface area contributed by atoms with Gasteiger partial charge in [0.2, 0.25) is 0 Å². The molecule has 2 aromatic carbocycles. The Morgan fingerprint density at radius 3 is 2.71 bits per heavy atom. The van der Waals surface area contributed by atoms with Crippen LogP contribution < -0.4 is 10.6 Å². The van der Waals surface area contributed by atoms with Gasteiger partial charge in [-0.05, 0) is 55.4 Å². The zero-order chi connectivity index (χ0) is 19.3. The van der Waals surface area contributed by atoms with Crippen LogP contribution in [-0.2, 0) is 6.42 Å². The van der Waals surface area contributed by atoms with Crippen molar-refractivity contribution in [2.75, 3.05) is 32.1 Å². The van der Waals surface area contributed by atoms with Crippen molar-refractivity contribution in [2.45, 2.75) is 18.9 Å². The molecular formula is C22H24N6. The lowest BCUT2D eigenvalue weighted by atomic mass is 10.0. The normalized spacial score (nSPS) is 18.8. The standard InChI is InChI=1S/C22H24N6/c1-27(2)17-7-8-28(13-17)22-12-24-18-6-5-15(10-20(18)26-22)14-3-4-16-11-21(23)25-19(16)9-14/h3-6,9-10,12,17H,7-8,11,13H2,1-2H3,(H2,23,25). The lowest BCUT2D eigenvalue weighted by molar-refractivity contribution is 0.315. The molecule has 1 aromatic heterocycles. The van der Waals surface area contributed by atoms with Gasteiger partial charge in [-0.15, -0.1) is 0 Å². The van der Waals surface area contributed by atoms with Gasteiger partial charge in [0.25, 0.3) is 0 Å². The first-order valence-electron chi connectivity index (χ1n) is 9.71. The first-order chi connectivity index (χ1) is 13.6. The molecule has 0 aliphatic carbocycles. The minimum absolute atomic E-state index is 0.572. The van der Waals surface area contributed by atoms with Gasteiger partial charge in [0.1, 0.15) is 11.7 Å². The van der Waals surface area contributed by atoms with E-state index < -0.39 is 0 Å². The number of rotatable bonds is 3. The van der Waals surface area contributed by atoms with Gasteiger partial charge in [0.15, 0.2) is 0 Å². The minimum Gasteiger partial charge on any atom is -0.387 e. The Kier molecular flexibility index (Phi) is 4.02. The van der Waals surface area contributed by atoms with Crippen LogP contribution >= 0.6 is 0 Å². The summed E-state index contributed by atoms with van der Waals surface area (Å²) in [6.45, 7) is 2.02. The number of aromatic nitrogens is 2. The van der Waals surface area contributed by atoms with E-state index >= 15 is 0 Å². The Morgan fingerprint density at radius 1 is 1.07 bits per heavy atom. The Bertz CT molecular complexity index is 1090. The monoisotopic (exact) mass is 372 g/mol. The predicted octanol–water partition coefficient (Wildman–Crippen LogP) is 2.98. The molecular weight excluding hydrogens is 348 g/mol. The van der Waals surface area contributed by atoms with Crippen molar-refractivity contribution in [3.8, 4) is 11.1 Å². The predicted molar refractivity (Wildman–Crippen MR) is 114 cm³/mol. The van der Waals surface area contributed by atoms with Crippen LogP contribution in [-0.4, -0.2) is 53.9 Å². The Hall–Kier alpha value is -2.99. The van der Waals surface area contributed by atoms with Crippen LogP contribution in [0.1, 0.15) is 12.0 Å². The number of benzene rings is 2. The van der Waals surface area contributed by atoms with Gasteiger partial charge in [-0.3, -0.25) is 4.98 Å². The second-order valence-corrected chi connectivity index (χ2v) is 7.91. The smallest absolute Gasteiger partial charge is 0.147 e. The molecule has 3 aromatic rings. The lowest BCUT2D eigenvalue weighted by Crippen LogP contribution is -2.31. The summed E-state index contributed by atoms with van der Waals surface area (Å²) in [5.74, 6) is 1.64. The third-order valence-electron chi connectivity index (χ3n) is 5.80. The van der Waals surface area contributed by atoms with E-state index in [1.165, 1.54) is 5.56 Å². The number of amidine groups is 1. The fourth-order valence-electron chi connectivity index (χ4n) is 4.09. The second kappa shape index (κ2) is 6.56. The molecule has 1 unspecified atom stereocenters. The quantitative estimate of drug-likeness (QED) is 0.765. The Morgan fingerprint density at radius 2 is 1.89 bits per heavy atom. The van der Waals surface area contributed by atoms with E-state index in [9.17, 15) is 0 Å². The molecule has 0 saturated carbocycles. The molecule has 5 rings (SSSR count). The van der Waals surface area contributed by atoms with E-state index in [0.717, 1.165) is 59.6 Å². The third-order valence-corrected chi connectivity index (χ3v) is 5.80. The van der Waals surface area contributed by atoms with E-state index in [2.05, 4.69) is 64.2 Å².